The molecule has 11 nitrogen and oxygen atoms in total. The number of halogens is 1. The number of pyridine rings is 1. The van der Waals surface area contributed by atoms with Crippen molar-refractivity contribution in [3.63, 3.8) is 0 Å². The van der Waals surface area contributed by atoms with Gasteiger partial charge in [0, 0.05) is 25.7 Å². The molecule has 188 valence electrons. The number of carbonyl (C=O) groups is 1. The number of nitrogens with one attached hydrogen (secondary N) is 3. The van der Waals surface area contributed by atoms with Gasteiger partial charge in [0.15, 0.2) is 5.65 Å². The second-order valence-electron chi connectivity index (χ2n) is 8.90. The topological polar surface area (TPSA) is 138 Å². The lowest BCUT2D eigenvalue weighted by Crippen LogP contribution is -2.25. The predicted octanol–water partition coefficient (Wildman–Crippen LogP) is 3.10. The number of fused-ring (bicyclic) bond motifs is 1. The predicted molar refractivity (Wildman–Crippen MR) is 135 cm³/mol. The van der Waals surface area contributed by atoms with E-state index < -0.39 is 28.0 Å². The smallest absolute Gasteiger partial charge is 0.232 e. The minimum atomic E-state index is -3.59. The first-order chi connectivity index (χ1) is 17.0. The second kappa shape index (κ2) is 8.59. The normalized spacial score (nSPS) is 17.2. The molecule has 5 rings (SSSR count). The maximum atomic E-state index is 13.4. The third-order valence-electron chi connectivity index (χ3n) is 6.09. The number of hydrogen-bond donors (Lipinski definition) is 3. The quantitative estimate of drug-likeness (QED) is 0.346. The number of rotatable bonds is 7. The zero-order valence-corrected chi connectivity index (χ0v) is 20.9. The monoisotopic (exact) mass is 512 g/mol. The molecular weight excluding hydrogens is 487 g/mol. The molecule has 3 aromatic heterocycles. The van der Waals surface area contributed by atoms with Crippen LogP contribution in [0.3, 0.4) is 0 Å². The van der Waals surface area contributed by atoms with Gasteiger partial charge in [-0.3, -0.25) is 9.10 Å². The summed E-state index contributed by atoms with van der Waals surface area (Å²) in [6, 6.07) is 6.97. The highest BCUT2D eigenvalue weighted by molar-refractivity contribution is 7.92. The fraction of sp³-hybridized carbons (Fsp3) is 0.304. The zero-order valence-electron chi connectivity index (χ0n) is 20.1. The lowest BCUT2D eigenvalue weighted by molar-refractivity contribution is -0.117. The van der Waals surface area contributed by atoms with Crippen molar-refractivity contribution < 1.29 is 17.6 Å². The van der Waals surface area contributed by atoms with Gasteiger partial charge in [-0.2, -0.15) is 0 Å². The molecule has 1 aromatic carbocycles. The molecular formula is C23H25FN8O3S. The fourth-order valence-electron chi connectivity index (χ4n) is 3.94. The molecule has 0 radical (unpaired) electrons. The van der Waals surface area contributed by atoms with Crippen LogP contribution in [0.2, 0.25) is 0 Å². The number of anilines is 4. The molecule has 0 saturated heterocycles. The number of imidazole rings is 2. The van der Waals surface area contributed by atoms with Gasteiger partial charge in [0.05, 0.1) is 47.5 Å². The van der Waals surface area contributed by atoms with E-state index in [1.165, 1.54) is 11.4 Å². The van der Waals surface area contributed by atoms with Gasteiger partial charge in [0.2, 0.25) is 15.9 Å². The van der Waals surface area contributed by atoms with Crippen molar-refractivity contribution in [1.82, 2.24) is 24.5 Å². The minimum Gasteiger partial charge on any atom is -0.352 e. The van der Waals surface area contributed by atoms with Crippen LogP contribution < -0.4 is 14.9 Å². The molecule has 3 N–H and O–H groups in total. The molecule has 2 atom stereocenters. The Morgan fingerprint density at radius 1 is 1.25 bits per heavy atom. The van der Waals surface area contributed by atoms with Gasteiger partial charge in [0.25, 0.3) is 0 Å². The summed E-state index contributed by atoms with van der Waals surface area (Å²) in [5, 5.41) is 5.92. The number of carbonyl (C=O) groups excluding carboxylic acids is 1. The number of hydrogen-bond acceptors (Lipinski definition) is 7. The Kier molecular flexibility index (Phi) is 5.66. The third-order valence-corrected chi connectivity index (χ3v) is 7.28. The third kappa shape index (κ3) is 4.49. The Hall–Kier alpha value is -4.00. The average Bonchev–Trinajstić information content (AvgIpc) is 3.19. The maximum absolute atomic E-state index is 13.4. The highest BCUT2D eigenvalue weighted by Gasteiger charge is 2.43. The molecule has 36 heavy (non-hydrogen) atoms. The molecule has 1 unspecified atom stereocenters. The lowest BCUT2D eigenvalue weighted by Gasteiger charge is -2.22. The van der Waals surface area contributed by atoms with Crippen LogP contribution in [0.5, 0.6) is 0 Å². The summed E-state index contributed by atoms with van der Waals surface area (Å²) in [5.41, 5.74) is 3.90. The fourth-order valence-corrected chi connectivity index (χ4v) is 4.44. The van der Waals surface area contributed by atoms with Gasteiger partial charge in [-0.1, -0.05) is 6.07 Å². The van der Waals surface area contributed by atoms with Gasteiger partial charge in [-0.05, 0) is 25.5 Å². The molecule has 4 aromatic rings. The van der Waals surface area contributed by atoms with Gasteiger partial charge >= 0.3 is 0 Å². The van der Waals surface area contributed by atoms with Gasteiger partial charge in [-0.15, -0.1) is 0 Å². The molecule has 1 saturated carbocycles. The molecule has 1 fully saturated rings. The summed E-state index contributed by atoms with van der Waals surface area (Å²) in [6.45, 7) is 1.77. The number of aromatic amines is 1. The van der Waals surface area contributed by atoms with Crippen molar-refractivity contribution in [2.45, 2.75) is 19.5 Å². The SMILES string of the molecule is Cc1nc2c(Nc3ccc(-c4cncn4C)cc3N(C)S(C)(=O)=O)cc(NC(=O)C3C[C@@H]3F)nc2[nH]1. The summed E-state index contributed by atoms with van der Waals surface area (Å²) in [5.74, 6) is -0.274. The van der Waals surface area contributed by atoms with Crippen molar-refractivity contribution in [2.24, 2.45) is 13.0 Å². The van der Waals surface area contributed by atoms with E-state index in [0.29, 0.717) is 34.1 Å². The van der Waals surface area contributed by atoms with Crippen LogP contribution in [0.15, 0.2) is 36.8 Å². The number of aryl methyl sites for hydroxylation is 2. The number of H-pyrrole nitrogens is 1. The highest BCUT2D eigenvalue weighted by atomic mass is 32.2. The Morgan fingerprint density at radius 3 is 2.64 bits per heavy atom. The van der Waals surface area contributed by atoms with Crippen molar-refractivity contribution >= 4 is 50.0 Å². The van der Waals surface area contributed by atoms with Crippen LogP contribution in [-0.4, -0.2) is 58.3 Å². The Labute approximate surface area is 206 Å². The van der Waals surface area contributed by atoms with Crippen LogP contribution in [0.4, 0.5) is 27.3 Å². The molecule has 1 amide bonds. The molecule has 3 heterocycles. The number of nitrogens with zero attached hydrogens (tertiary/aromatic N) is 5. The first-order valence-electron chi connectivity index (χ1n) is 11.1. The molecule has 0 spiro atoms. The van der Waals surface area contributed by atoms with Crippen LogP contribution in [0.1, 0.15) is 12.2 Å². The summed E-state index contributed by atoms with van der Waals surface area (Å²) >= 11 is 0. The Bertz CT molecular complexity index is 1600. The molecule has 13 heteroatoms. The Morgan fingerprint density at radius 2 is 2.00 bits per heavy atom. The van der Waals surface area contributed by atoms with Crippen molar-refractivity contribution in [3.05, 3.63) is 42.6 Å². The minimum absolute atomic E-state index is 0.201. The number of sulfonamides is 1. The van der Waals surface area contributed by atoms with E-state index in [2.05, 4.69) is 30.6 Å². The zero-order chi connectivity index (χ0) is 25.8. The average molecular weight is 513 g/mol. The van der Waals surface area contributed by atoms with Crippen molar-refractivity contribution in [2.75, 3.05) is 28.2 Å². The number of amides is 1. The second-order valence-corrected chi connectivity index (χ2v) is 10.9. The summed E-state index contributed by atoms with van der Waals surface area (Å²) in [6.07, 6.45) is 3.55. The highest BCUT2D eigenvalue weighted by Crippen LogP contribution is 2.37. The van der Waals surface area contributed by atoms with Crippen molar-refractivity contribution in [1.29, 1.82) is 0 Å². The lowest BCUT2D eigenvalue weighted by atomic mass is 10.1. The van der Waals surface area contributed by atoms with E-state index in [1.54, 1.807) is 37.6 Å². The van der Waals surface area contributed by atoms with Crippen LogP contribution >= 0.6 is 0 Å². The van der Waals surface area contributed by atoms with E-state index >= 15 is 0 Å². The summed E-state index contributed by atoms with van der Waals surface area (Å²) in [7, 11) is -0.270. The van der Waals surface area contributed by atoms with E-state index in [0.717, 1.165) is 17.5 Å². The molecule has 1 aliphatic rings. The largest absolute Gasteiger partial charge is 0.352 e. The number of benzene rings is 1. The van der Waals surface area contributed by atoms with Gasteiger partial charge in [0.1, 0.15) is 23.3 Å². The van der Waals surface area contributed by atoms with Crippen molar-refractivity contribution in [3.8, 4) is 11.3 Å². The van der Waals surface area contributed by atoms with Crippen LogP contribution in [0.25, 0.3) is 22.4 Å². The number of aromatic nitrogens is 5. The molecule has 0 aliphatic heterocycles. The van der Waals surface area contributed by atoms with Gasteiger partial charge in [-0.25, -0.2) is 27.8 Å². The first kappa shape index (κ1) is 23.7. The van der Waals surface area contributed by atoms with E-state index in [-0.39, 0.29) is 12.2 Å². The standard InChI is InChI=1S/C23H25FN8O3S/c1-12-26-21-17(9-20(29-22(21)27-12)30-23(33)14-8-15(14)24)28-16-6-5-13(19-10-25-11-31(19)2)7-18(16)32(3)36(4,34)35/h5-7,9-11,14-15H,8H2,1-4H3,(H3,26,27,28,29,30,33)/t14?,15-/m0/s1. The summed E-state index contributed by atoms with van der Waals surface area (Å²) in [4.78, 5) is 28.4. The van der Waals surface area contributed by atoms with Crippen LogP contribution in [0, 0.1) is 12.8 Å². The Balaban J connectivity index is 1.58. The first-order valence-corrected chi connectivity index (χ1v) is 13.0. The molecule has 0 bridgehead atoms. The van der Waals surface area contributed by atoms with Gasteiger partial charge < -0.3 is 20.2 Å². The van der Waals surface area contributed by atoms with E-state index in [9.17, 15) is 17.6 Å². The molecule has 1 aliphatic carbocycles. The maximum Gasteiger partial charge on any atom is 0.232 e. The van der Waals surface area contributed by atoms with Crippen LogP contribution in [-0.2, 0) is 21.9 Å². The van der Waals surface area contributed by atoms with E-state index in [1.807, 2.05) is 17.7 Å². The number of alkyl halides is 1. The van der Waals surface area contributed by atoms with E-state index in [4.69, 9.17) is 0 Å². The summed E-state index contributed by atoms with van der Waals surface area (Å²) < 4.78 is 41.3.